The second-order valence-corrected chi connectivity index (χ2v) is 4.00. The van der Waals surface area contributed by atoms with Gasteiger partial charge in [-0.2, -0.15) is 0 Å². The van der Waals surface area contributed by atoms with E-state index in [0.29, 0.717) is 10.2 Å². The third-order valence-corrected chi connectivity index (χ3v) is 2.73. The lowest BCUT2D eigenvalue weighted by Crippen LogP contribution is -2.03. The predicted molar refractivity (Wildman–Crippen MR) is 65.2 cm³/mol. The van der Waals surface area contributed by atoms with E-state index in [1.54, 1.807) is 6.07 Å². The molecule has 0 unspecified atom stereocenters. The van der Waals surface area contributed by atoms with Crippen LogP contribution in [0.25, 0.3) is 10.9 Å². The molecule has 16 heavy (non-hydrogen) atoms. The highest BCUT2D eigenvalue weighted by molar-refractivity contribution is 7.71. The lowest BCUT2D eigenvalue weighted by molar-refractivity contribution is 0.0600. The molecule has 2 rings (SSSR count). The number of aromatic amines is 1. The van der Waals surface area contributed by atoms with Crippen LogP contribution in [0.1, 0.15) is 15.9 Å². The second kappa shape index (κ2) is 4.06. The molecule has 0 spiro atoms. The molecule has 0 bridgehead atoms. The number of pyridine rings is 1. The highest BCUT2D eigenvalue weighted by atomic mass is 32.1. The highest BCUT2D eigenvalue weighted by Gasteiger charge is 2.09. The largest absolute Gasteiger partial charge is 0.465 e. The van der Waals surface area contributed by atoms with Crippen LogP contribution in [0.5, 0.6) is 0 Å². The molecule has 1 aromatic carbocycles. The summed E-state index contributed by atoms with van der Waals surface area (Å²) in [5.74, 6) is -0.412. The Bertz CT molecular complexity index is 616. The minimum absolute atomic E-state index is 0.399. The number of nitrogens with one attached hydrogen (secondary N) is 1. The first-order valence-electron chi connectivity index (χ1n) is 4.84. The Morgan fingerprint density at radius 2 is 2.12 bits per heavy atom. The molecule has 0 aliphatic heterocycles. The van der Waals surface area contributed by atoms with Crippen molar-refractivity contribution in [1.82, 2.24) is 4.98 Å². The molecule has 0 saturated heterocycles. The maximum Gasteiger partial charge on any atom is 0.340 e. The maximum atomic E-state index is 11.5. The van der Waals surface area contributed by atoms with Gasteiger partial charge in [0.2, 0.25) is 0 Å². The fourth-order valence-electron chi connectivity index (χ4n) is 1.59. The quantitative estimate of drug-likeness (QED) is 0.608. The second-order valence-electron chi connectivity index (χ2n) is 3.59. The van der Waals surface area contributed by atoms with E-state index >= 15 is 0 Å². The van der Waals surface area contributed by atoms with Crippen LogP contribution in [0.2, 0.25) is 0 Å². The Hall–Kier alpha value is -1.68. The van der Waals surface area contributed by atoms with Crippen LogP contribution in [-0.4, -0.2) is 18.1 Å². The summed E-state index contributed by atoms with van der Waals surface area (Å²) in [7, 11) is 1.34. The van der Waals surface area contributed by atoms with Crippen LogP contribution in [0.15, 0.2) is 24.3 Å². The molecular formula is C12H11NO2S. The van der Waals surface area contributed by atoms with E-state index in [1.165, 1.54) is 7.11 Å². The monoisotopic (exact) mass is 233 g/mol. The van der Waals surface area contributed by atoms with E-state index in [1.807, 2.05) is 25.1 Å². The fraction of sp³-hybridized carbons (Fsp3) is 0.167. The third-order valence-electron chi connectivity index (χ3n) is 2.41. The summed E-state index contributed by atoms with van der Waals surface area (Å²) in [6, 6.07) is 7.69. The third kappa shape index (κ3) is 1.84. The smallest absolute Gasteiger partial charge is 0.340 e. The summed E-state index contributed by atoms with van der Waals surface area (Å²) >= 11 is 5.10. The molecule has 0 aliphatic carbocycles. The summed E-state index contributed by atoms with van der Waals surface area (Å²) in [5, 5.41) is 0.953. The van der Waals surface area contributed by atoms with Gasteiger partial charge in [0.1, 0.15) is 4.64 Å². The standard InChI is InChI=1S/C12H11NO2S/c1-7-3-4-10-8(5-7)6-9(11(16)13-10)12(14)15-2/h3-6H,1-2H3,(H,13,16). The van der Waals surface area contributed by atoms with Gasteiger partial charge in [-0.15, -0.1) is 0 Å². The molecule has 4 heteroatoms. The molecule has 82 valence electrons. The van der Waals surface area contributed by atoms with Gasteiger partial charge < -0.3 is 9.72 Å². The van der Waals surface area contributed by atoms with Crippen molar-refractivity contribution in [2.24, 2.45) is 0 Å². The van der Waals surface area contributed by atoms with Crippen molar-refractivity contribution in [1.29, 1.82) is 0 Å². The predicted octanol–water partition coefficient (Wildman–Crippen LogP) is 2.99. The summed E-state index contributed by atoms with van der Waals surface area (Å²) < 4.78 is 5.08. The molecule has 0 saturated carbocycles. The van der Waals surface area contributed by atoms with Crippen LogP contribution in [0, 0.1) is 11.6 Å². The zero-order valence-electron chi connectivity index (χ0n) is 9.03. The number of methoxy groups -OCH3 is 1. The Balaban J connectivity index is 2.74. The van der Waals surface area contributed by atoms with Gasteiger partial charge in [-0.3, -0.25) is 0 Å². The number of fused-ring (bicyclic) bond motifs is 1. The SMILES string of the molecule is COC(=O)c1cc2cc(C)ccc2[nH]c1=S. The van der Waals surface area contributed by atoms with Crippen LogP contribution >= 0.6 is 12.2 Å². The number of ether oxygens (including phenoxy) is 1. The number of hydrogen-bond donors (Lipinski definition) is 1. The van der Waals surface area contributed by atoms with Gasteiger partial charge in [-0.25, -0.2) is 4.79 Å². The lowest BCUT2D eigenvalue weighted by atomic mass is 10.1. The molecule has 0 fully saturated rings. The maximum absolute atomic E-state index is 11.5. The highest BCUT2D eigenvalue weighted by Crippen LogP contribution is 2.16. The fourth-order valence-corrected chi connectivity index (χ4v) is 1.84. The topological polar surface area (TPSA) is 42.1 Å². The van der Waals surface area contributed by atoms with Crippen molar-refractivity contribution in [2.75, 3.05) is 7.11 Å². The van der Waals surface area contributed by atoms with E-state index in [0.717, 1.165) is 16.5 Å². The van der Waals surface area contributed by atoms with Crippen LogP contribution in [-0.2, 0) is 4.74 Å². The van der Waals surface area contributed by atoms with Crippen LogP contribution < -0.4 is 0 Å². The van der Waals surface area contributed by atoms with E-state index in [9.17, 15) is 4.79 Å². The summed E-state index contributed by atoms with van der Waals surface area (Å²) in [6.45, 7) is 2.00. The van der Waals surface area contributed by atoms with E-state index in [2.05, 4.69) is 9.72 Å². The van der Waals surface area contributed by atoms with Crippen molar-refractivity contribution in [2.45, 2.75) is 6.92 Å². The van der Waals surface area contributed by atoms with E-state index in [4.69, 9.17) is 12.2 Å². The molecule has 1 aromatic heterocycles. The Morgan fingerprint density at radius 1 is 1.38 bits per heavy atom. The number of esters is 1. The van der Waals surface area contributed by atoms with Gasteiger partial charge in [0, 0.05) is 5.52 Å². The molecule has 1 N–H and O–H groups in total. The number of rotatable bonds is 1. The van der Waals surface area contributed by atoms with Crippen LogP contribution in [0.4, 0.5) is 0 Å². The minimum atomic E-state index is -0.412. The average molecular weight is 233 g/mol. The van der Waals surface area contributed by atoms with E-state index in [-0.39, 0.29) is 0 Å². The van der Waals surface area contributed by atoms with Crippen molar-refractivity contribution < 1.29 is 9.53 Å². The van der Waals surface area contributed by atoms with Gasteiger partial charge in [0.15, 0.2) is 0 Å². The van der Waals surface area contributed by atoms with Gasteiger partial charge in [-0.1, -0.05) is 23.8 Å². The Labute approximate surface area is 98.1 Å². The first kappa shape index (κ1) is 10.8. The number of carbonyl (C=O) groups is 1. The van der Waals surface area contributed by atoms with Gasteiger partial charge in [0.25, 0.3) is 0 Å². The Kier molecular flexibility index (Phi) is 2.75. The zero-order valence-corrected chi connectivity index (χ0v) is 9.85. The van der Waals surface area contributed by atoms with Gasteiger partial charge >= 0.3 is 5.97 Å². The molecule has 3 nitrogen and oxygen atoms in total. The zero-order chi connectivity index (χ0) is 11.7. The van der Waals surface area contributed by atoms with Crippen LogP contribution in [0.3, 0.4) is 0 Å². The first-order valence-corrected chi connectivity index (χ1v) is 5.24. The molecular weight excluding hydrogens is 222 g/mol. The summed E-state index contributed by atoms with van der Waals surface area (Å²) in [6.07, 6.45) is 0. The lowest BCUT2D eigenvalue weighted by Gasteiger charge is -2.04. The van der Waals surface area contributed by atoms with Crippen molar-refractivity contribution >= 4 is 29.1 Å². The number of aryl methyl sites for hydroxylation is 1. The van der Waals surface area contributed by atoms with Crippen molar-refractivity contribution in [3.05, 3.63) is 40.0 Å². The molecule has 2 aromatic rings. The summed E-state index contributed by atoms with van der Waals surface area (Å²) in [4.78, 5) is 14.5. The number of H-pyrrole nitrogens is 1. The number of carbonyl (C=O) groups excluding carboxylic acids is 1. The van der Waals surface area contributed by atoms with Crippen molar-refractivity contribution in [3.8, 4) is 0 Å². The summed E-state index contributed by atoms with van der Waals surface area (Å²) in [5.41, 5.74) is 2.45. The number of hydrogen-bond acceptors (Lipinski definition) is 3. The molecule has 0 atom stereocenters. The molecule has 0 radical (unpaired) electrons. The average Bonchev–Trinajstić information content (AvgIpc) is 2.28. The van der Waals surface area contributed by atoms with E-state index < -0.39 is 5.97 Å². The minimum Gasteiger partial charge on any atom is -0.465 e. The van der Waals surface area contributed by atoms with Crippen molar-refractivity contribution in [3.63, 3.8) is 0 Å². The molecule has 1 heterocycles. The van der Waals surface area contributed by atoms with Gasteiger partial charge in [-0.05, 0) is 30.5 Å². The first-order chi connectivity index (χ1) is 7.61. The molecule has 0 aliphatic rings. The number of benzene rings is 1. The number of aromatic nitrogens is 1. The van der Waals surface area contributed by atoms with Gasteiger partial charge in [0.05, 0.1) is 12.7 Å². The Morgan fingerprint density at radius 3 is 2.81 bits per heavy atom. The molecule has 0 amide bonds. The normalized spacial score (nSPS) is 10.4.